The van der Waals surface area contributed by atoms with Crippen molar-refractivity contribution in [2.45, 2.75) is 33.2 Å². The number of primary amides is 1. The van der Waals surface area contributed by atoms with Crippen molar-refractivity contribution in [1.82, 2.24) is 4.90 Å². The number of esters is 1. The fourth-order valence-electron chi connectivity index (χ4n) is 1.57. The molecule has 0 spiro atoms. The highest BCUT2D eigenvalue weighted by atomic mass is 16.5. The molecule has 0 fully saturated rings. The van der Waals surface area contributed by atoms with E-state index >= 15 is 0 Å². The number of amides is 2. The normalized spacial score (nSPS) is 13.5. The van der Waals surface area contributed by atoms with Gasteiger partial charge in [-0.15, -0.1) is 0 Å². The predicted molar refractivity (Wildman–Crippen MR) is 63.8 cm³/mol. The highest BCUT2D eigenvalue weighted by Crippen LogP contribution is 2.15. The number of carboxylic acid groups (broad SMARTS) is 1. The molecule has 0 bridgehead atoms. The molecule has 0 saturated carbocycles. The van der Waals surface area contributed by atoms with E-state index in [1.807, 2.05) is 0 Å². The van der Waals surface area contributed by atoms with Crippen LogP contribution in [0.1, 0.15) is 27.2 Å². The average molecular weight is 260 g/mol. The van der Waals surface area contributed by atoms with E-state index < -0.39 is 30.6 Å². The molecule has 0 aromatic carbocycles. The number of hydrogen-bond acceptors (Lipinski definition) is 4. The Morgan fingerprint density at radius 2 is 1.89 bits per heavy atom. The van der Waals surface area contributed by atoms with E-state index in [0.29, 0.717) is 6.42 Å². The van der Waals surface area contributed by atoms with Crippen molar-refractivity contribution in [3.63, 3.8) is 0 Å². The molecule has 104 valence electrons. The number of nitrogens with two attached hydrogens (primary N) is 1. The molecule has 0 heterocycles. The van der Waals surface area contributed by atoms with Crippen LogP contribution in [-0.4, -0.2) is 47.2 Å². The minimum atomic E-state index is -1.19. The number of ether oxygens (including phenoxy) is 1. The standard InChI is InChI=1S/C11H20N2O5/c1-4-7(3)9(10(15)16)13(11(12)17)6-8(14)18-5-2/h7,9H,4-6H2,1-3H3,(H2,12,17)(H,15,16)/t7-,9-/m0/s1. The van der Waals surface area contributed by atoms with E-state index in [1.54, 1.807) is 20.8 Å². The molecular weight excluding hydrogens is 240 g/mol. The summed E-state index contributed by atoms with van der Waals surface area (Å²) >= 11 is 0. The van der Waals surface area contributed by atoms with Crippen LogP contribution < -0.4 is 5.73 Å². The molecule has 7 nitrogen and oxygen atoms in total. The fraction of sp³-hybridized carbons (Fsp3) is 0.727. The molecule has 0 aliphatic carbocycles. The summed E-state index contributed by atoms with van der Waals surface area (Å²) in [6.45, 7) is 4.80. The second kappa shape index (κ2) is 7.52. The van der Waals surface area contributed by atoms with Gasteiger partial charge in [-0.05, 0) is 12.8 Å². The van der Waals surface area contributed by atoms with Crippen LogP contribution in [0, 0.1) is 5.92 Å². The third-order valence-electron chi connectivity index (χ3n) is 2.66. The molecule has 0 aliphatic heterocycles. The summed E-state index contributed by atoms with van der Waals surface area (Å²) in [5, 5.41) is 9.14. The van der Waals surface area contributed by atoms with Gasteiger partial charge in [-0.25, -0.2) is 9.59 Å². The van der Waals surface area contributed by atoms with E-state index in [4.69, 9.17) is 10.8 Å². The maximum absolute atomic E-state index is 11.3. The highest BCUT2D eigenvalue weighted by Gasteiger charge is 2.34. The minimum Gasteiger partial charge on any atom is -0.480 e. The summed E-state index contributed by atoms with van der Waals surface area (Å²) in [6.07, 6.45) is 0.545. The summed E-state index contributed by atoms with van der Waals surface area (Å²) in [5.74, 6) is -2.18. The number of hydrogen-bond donors (Lipinski definition) is 2. The summed E-state index contributed by atoms with van der Waals surface area (Å²) in [6, 6.07) is -2.08. The molecule has 7 heteroatoms. The van der Waals surface area contributed by atoms with Crippen molar-refractivity contribution >= 4 is 18.0 Å². The number of carbonyl (C=O) groups is 3. The fourth-order valence-corrected chi connectivity index (χ4v) is 1.57. The number of rotatable bonds is 7. The maximum atomic E-state index is 11.3. The van der Waals surface area contributed by atoms with Crippen molar-refractivity contribution in [3.8, 4) is 0 Å². The zero-order chi connectivity index (χ0) is 14.3. The Kier molecular flexibility index (Phi) is 6.77. The zero-order valence-corrected chi connectivity index (χ0v) is 10.9. The lowest BCUT2D eigenvalue weighted by molar-refractivity contribution is -0.148. The quantitative estimate of drug-likeness (QED) is 0.645. The zero-order valence-electron chi connectivity index (χ0n) is 10.9. The van der Waals surface area contributed by atoms with Gasteiger partial charge in [-0.2, -0.15) is 0 Å². The number of aliphatic carboxylic acids is 1. The largest absolute Gasteiger partial charge is 0.480 e. The van der Waals surface area contributed by atoms with Gasteiger partial charge in [-0.3, -0.25) is 9.69 Å². The Balaban J connectivity index is 4.99. The predicted octanol–water partition coefficient (Wildman–Crippen LogP) is 0.430. The van der Waals surface area contributed by atoms with E-state index in [0.717, 1.165) is 4.90 Å². The lowest BCUT2D eigenvalue weighted by Gasteiger charge is -2.30. The third-order valence-corrected chi connectivity index (χ3v) is 2.66. The van der Waals surface area contributed by atoms with Crippen LogP contribution in [-0.2, 0) is 14.3 Å². The molecule has 2 atom stereocenters. The summed E-state index contributed by atoms with van der Waals surface area (Å²) in [7, 11) is 0. The Hall–Kier alpha value is -1.79. The maximum Gasteiger partial charge on any atom is 0.326 e. The monoisotopic (exact) mass is 260 g/mol. The van der Waals surface area contributed by atoms with Crippen molar-refractivity contribution in [1.29, 1.82) is 0 Å². The van der Waals surface area contributed by atoms with Gasteiger partial charge in [-0.1, -0.05) is 20.3 Å². The van der Waals surface area contributed by atoms with Crippen LogP contribution in [0.25, 0.3) is 0 Å². The topological polar surface area (TPSA) is 110 Å². The second-order valence-electron chi connectivity index (χ2n) is 3.94. The van der Waals surface area contributed by atoms with Gasteiger partial charge in [0.15, 0.2) is 0 Å². The number of urea groups is 1. The Labute approximate surface area is 106 Å². The first-order chi connectivity index (χ1) is 8.34. The molecule has 18 heavy (non-hydrogen) atoms. The van der Waals surface area contributed by atoms with Crippen LogP contribution in [0.3, 0.4) is 0 Å². The third kappa shape index (κ3) is 4.60. The van der Waals surface area contributed by atoms with E-state index in [1.165, 1.54) is 0 Å². The smallest absolute Gasteiger partial charge is 0.326 e. The molecule has 0 unspecified atom stereocenters. The first-order valence-electron chi connectivity index (χ1n) is 5.79. The summed E-state index contributed by atoms with van der Waals surface area (Å²) in [5.41, 5.74) is 5.13. The molecule has 0 radical (unpaired) electrons. The van der Waals surface area contributed by atoms with Gasteiger partial charge < -0.3 is 15.6 Å². The SMILES string of the molecule is CCOC(=O)CN(C(N)=O)[C@H](C(=O)O)[C@@H](C)CC. The first-order valence-corrected chi connectivity index (χ1v) is 5.79. The van der Waals surface area contributed by atoms with E-state index in [-0.39, 0.29) is 12.5 Å². The molecule has 3 N–H and O–H groups in total. The lowest BCUT2D eigenvalue weighted by Crippen LogP contribution is -2.52. The molecule has 2 amide bonds. The van der Waals surface area contributed by atoms with Gasteiger partial charge >= 0.3 is 18.0 Å². The lowest BCUT2D eigenvalue weighted by atomic mass is 9.98. The Morgan fingerprint density at radius 1 is 1.33 bits per heavy atom. The van der Waals surface area contributed by atoms with Crippen LogP contribution in [0.15, 0.2) is 0 Å². The Bertz CT molecular complexity index is 319. The molecular formula is C11H20N2O5. The van der Waals surface area contributed by atoms with Crippen LogP contribution in [0.2, 0.25) is 0 Å². The van der Waals surface area contributed by atoms with E-state index in [9.17, 15) is 14.4 Å². The number of carbonyl (C=O) groups excluding carboxylic acids is 2. The Morgan fingerprint density at radius 3 is 2.22 bits per heavy atom. The summed E-state index contributed by atoms with van der Waals surface area (Å²) in [4.78, 5) is 34.6. The molecule has 0 aliphatic rings. The van der Waals surface area contributed by atoms with Crippen molar-refractivity contribution in [3.05, 3.63) is 0 Å². The van der Waals surface area contributed by atoms with Gasteiger partial charge in [0, 0.05) is 0 Å². The molecule has 0 aromatic rings. The van der Waals surface area contributed by atoms with Gasteiger partial charge in [0.2, 0.25) is 0 Å². The van der Waals surface area contributed by atoms with Crippen LogP contribution >= 0.6 is 0 Å². The van der Waals surface area contributed by atoms with E-state index in [2.05, 4.69) is 4.74 Å². The summed E-state index contributed by atoms with van der Waals surface area (Å²) < 4.78 is 4.68. The molecule has 0 rings (SSSR count). The average Bonchev–Trinajstić information content (AvgIpc) is 2.27. The first kappa shape index (κ1) is 16.2. The van der Waals surface area contributed by atoms with Gasteiger partial charge in [0.05, 0.1) is 6.61 Å². The minimum absolute atomic E-state index is 0.159. The van der Waals surface area contributed by atoms with Crippen LogP contribution in [0.4, 0.5) is 4.79 Å². The van der Waals surface area contributed by atoms with Gasteiger partial charge in [0.1, 0.15) is 12.6 Å². The van der Waals surface area contributed by atoms with Crippen LogP contribution in [0.5, 0.6) is 0 Å². The van der Waals surface area contributed by atoms with Crippen molar-refractivity contribution in [2.24, 2.45) is 11.7 Å². The van der Waals surface area contributed by atoms with Crippen molar-refractivity contribution < 1.29 is 24.2 Å². The van der Waals surface area contributed by atoms with Crippen molar-refractivity contribution in [2.75, 3.05) is 13.2 Å². The highest BCUT2D eigenvalue weighted by molar-refractivity contribution is 5.85. The molecule has 0 aromatic heterocycles. The molecule has 0 saturated heterocycles. The van der Waals surface area contributed by atoms with Gasteiger partial charge in [0.25, 0.3) is 0 Å². The second-order valence-corrected chi connectivity index (χ2v) is 3.94. The number of carboxylic acids is 1. The number of nitrogens with zero attached hydrogens (tertiary/aromatic N) is 1.